The highest BCUT2D eigenvalue weighted by Crippen LogP contribution is 2.42. The summed E-state index contributed by atoms with van der Waals surface area (Å²) in [6.45, 7) is 2.29. The van der Waals surface area contributed by atoms with Gasteiger partial charge in [0.2, 0.25) is 12.1 Å². The van der Waals surface area contributed by atoms with Gasteiger partial charge in [-0.1, -0.05) is 47.5 Å². The first kappa shape index (κ1) is 48.3. The third-order valence-corrected chi connectivity index (χ3v) is 10.3. The predicted molar refractivity (Wildman–Crippen MR) is 246 cm³/mol. The third kappa shape index (κ3) is 12.5. The molecule has 330 valence electrons. The van der Waals surface area contributed by atoms with Gasteiger partial charge in [-0.15, -0.1) is 23.2 Å². The van der Waals surface area contributed by atoms with Gasteiger partial charge in [-0.05, 0) is 97.8 Å². The Labute approximate surface area is 386 Å². The van der Waals surface area contributed by atoms with Crippen LogP contribution in [-0.4, -0.2) is 61.5 Å². The van der Waals surface area contributed by atoms with Crippen molar-refractivity contribution in [2.45, 2.75) is 37.7 Å². The van der Waals surface area contributed by atoms with Crippen LogP contribution in [0.25, 0.3) is 0 Å². The van der Waals surface area contributed by atoms with Crippen molar-refractivity contribution < 1.29 is 38.2 Å². The van der Waals surface area contributed by atoms with Gasteiger partial charge in [0.05, 0.1) is 58.1 Å². The van der Waals surface area contributed by atoms with Crippen molar-refractivity contribution >= 4 is 116 Å². The molecule has 5 aromatic carbocycles. The second-order valence-corrected chi connectivity index (χ2v) is 14.9. The van der Waals surface area contributed by atoms with E-state index in [0.717, 1.165) is 25.0 Å². The van der Waals surface area contributed by atoms with Crippen LogP contribution in [0.4, 0.5) is 34.1 Å². The molecule has 16 nitrogen and oxygen atoms in total. The number of methoxy groups -OCH3 is 2. The Bertz CT molecular complexity index is 2460. The van der Waals surface area contributed by atoms with Crippen LogP contribution in [0.3, 0.4) is 0 Å². The molecule has 5 aromatic rings. The standard InChI is InChI=1S/C44H38Cl4N8O8/c1-23(57)37(55-53-29-13-15-33(47)31(19-29)41(59)49-27-9-5-25(21-45)6-10-27)43(61)51-35-17-18-36(40(64-4)39(35)63-3)52-44(62)38(24(2)58)56-54-30-14-16-34(48)32(20-30)42(60)50-28-11-7-26(22-46)8-12-28/h5-20,37-38H,21-22H2,1-4H3,(H,49,59)(H,50,60)(H,51,61)(H,52,62). The Morgan fingerprint density at radius 2 is 0.891 bits per heavy atom. The van der Waals surface area contributed by atoms with Crippen LogP contribution in [0.2, 0.25) is 10.0 Å². The lowest BCUT2D eigenvalue weighted by atomic mass is 10.1. The number of ether oxygens (including phenoxy) is 2. The molecule has 2 unspecified atom stereocenters. The first-order chi connectivity index (χ1) is 30.6. The lowest BCUT2D eigenvalue weighted by Crippen LogP contribution is -2.32. The summed E-state index contributed by atoms with van der Waals surface area (Å²) in [5, 5.41) is 26.9. The number of carbonyl (C=O) groups excluding carboxylic acids is 6. The maximum atomic E-state index is 13.5. The molecule has 0 spiro atoms. The number of alkyl halides is 2. The molecule has 0 aliphatic heterocycles. The topological polar surface area (TPSA) is 218 Å². The number of amides is 4. The molecule has 64 heavy (non-hydrogen) atoms. The minimum atomic E-state index is -1.65. The summed E-state index contributed by atoms with van der Waals surface area (Å²) >= 11 is 24.3. The summed E-state index contributed by atoms with van der Waals surface area (Å²) in [5.41, 5.74) is 3.15. The molecule has 0 heterocycles. The minimum Gasteiger partial charge on any atom is -0.491 e. The van der Waals surface area contributed by atoms with Gasteiger partial charge in [0.15, 0.2) is 23.1 Å². The minimum absolute atomic E-state index is 0.0194. The third-order valence-electron chi connectivity index (χ3n) is 9.00. The Hall–Kier alpha value is -6.72. The number of rotatable bonds is 18. The summed E-state index contributed by atoms with van der Waals surface area (Å²) in [7, 11) is 2.55. The van der Waals surface area contributed by atoms with Crippen molar-refractivity contribution in [2.24, 2.45) is 20.5 Å². The van der Waals surface area contributed by atoms with Crippen LogP contribution in [0.5, 0.6) is 11.5 Å². The number of benzene rings is 5. The van der Waals surface area contributed by atoms with E-state index in [9.17, 15) is 28.8 Å². The van der Waals surface area contributed by atoms with E-state index in [0.29, 0.717) is 23.1 Å². The smallest absolute Gasteiger partial charge is 0.258 e. The zero-order valence-electron chi connectivity index (χ0n) is 34.4. The molecular weight excluding hydrogens is 910 g/mol. The number of hydrogen-bond donors (Lipinski definition) is 4. The lowest BCUT2D eigenvalue weighted by molar-refractivity contribution is -0.127. The molecule has 2 atom stereocenters. The quantitative estimate of drug-likeness (QED) is 0.0375. The maximum absolute atomic E-state index is 13.5. The van der Waals surface area contributed by atoms with Gasteiger partial charge in [0, 0.05) is 23.1 Å². The summed E-state index contributed by atoms with van der Waals surface area (Å²) in [6.07, 6.45) is 0. The fraction of sp³-hybridized carbons (Fsp3) is 0.182. The van der Waals surface area contributed by atoms with Gasteiger partial charge in [-0.25, -0.2) is 0 Å². The zero-order chi connectivity index (χ0) is 46.5. The fourth-order valence-electron chi connectivity index (χ4n) is 5.70. The fourth-order valence-corrected chi connectivity index (χ4v) is 6.47. The predicted octanol–water partition coefficient (Wildman–Crippen LogP) is 10.4. The number of hydrogen-bond acceptors (Lipinski definition) is 12. The van der Waals surface area contributed by atoms with E-state index >= 15 is 0 Å². The van der Waals surface area contributed by atoms with Crippen LogP contribution in [0, 0.1) is 0 Å². The van der Waals surface area contributed by atoms with Crippen molar-refractivity contribution in [2.75, 3.05) is 35.5 Å². The molecule has 0 aliphatic rings. The van der Waals surface area contributed by atoms with Crippen LogP contribution >= 0.6 is 46.4 Å². The lowest BCUT2D eigenvalue weighted by Gasteiger charge is -2.19. The molecule has 0 saturated heterocycles. The number of azo groups is 2. The molecule has 0 bridgehead atoms. The van der Waals surface area contributed by atoms with Crippen LogP contribution < -0.4 is 30.7 Å². The second kappa shape index (κ2) is 22.6. The van der Waals surface area contributed by atoms with Gasteiger partial charge in [0.25, 0.3) is 23.6 Å². The van der Waals surface area contributed by atoms with Gasteiger partial charge >= 0.3 is 0 Å². The first-order valence-electron chi connectivity index (χ1n) is 18.9. The van der Waals surface area contributed by atoms with E-state index in [4.69, 9.17) is 55.9 Å². The Morgan fingerprint density at radius 1 is 0.531 bits per heavy atom. The molecule has 0 fully saturated rings. The number of ketones is 2. The SMILES string of the molecule is COc1c(NC(=O)C(N=Nc2ccc(Cl)c(C(=O)Nc3ccc(CCl)cc3)c2)C(C)=O)ccc(NC(=O)C(N=Nc2ccc(Cl)c(C(=O)Nc3ccc(CCl)cc3)c2)C(C)=O)c1OC. The number of nitrogens with one attached hydrogen (secondary N) is 4. The zero-order valence-corrected chi connectivity index (χ0v) is 37.4. The van der Waals surface area contributed by atoms with Crippen molar-refractivity contribution in [3.63, 3.8) is 0 Å². The second-order valence-electron chi connectivity index (χ2n) is 13.6. The van der Waals surface area contributed by atoms with Gasteiger partial charge in [-0.2, -0.15) is 20.5 Å². The molecule has 4 N–H and O–H groups in total. The average molecular weight is 949 g/mol. The number of carbonyl (C=O) groups is 6. The van der Waals surface area contributed by atoms with E-state index in [2.05, 4.69) is 41.7 Å². The van der Waals surface area contributed by atoms with Crippen LogP contribution in [0.1, 0.15) is 45.7 Å². The summed E-state index contributed by atoms with van der Waals surface area (Å²) in [5.74, 6) is -3.72. The Balaban J connectivity index is 1.29. The number of anilines is 4. The molecule has 0 radical (unpaired) electrons. The van der Waals surface area contributed by atoms with E-state index < -0.39 is 47.3 Å². The molecule has 0 aliphatic carbocycles. The number of Topliss-reactive ketones (excluding diaryl/α,β-unsaturated/α-hetero) is 2. The summed E-state index contributed by atoms with van der Waals surface area (Å²) < 4.78 is 11.0. The van der Waals surface area contributed by atoms with Gasteiger partial charge in [0.1, 0.15) is 0 Å². The van der Waals surface area contributed by atoms with E-state index in [-0.39, 0.29) is 55.4 Å². The van der Waals surface area contributed by atoms with Crippen molar-refractivity contribution in [3.8, 4) is 11.5 Å². The Morgan fingerprint density at radius 3 is 1.20 bits per heavy atom. The van der Waals surface area contributed by atoms with Crippen LogP contribution in [0.15, 0.2) is 118 Å². The molecule has 0 aromatic heterocycles. The largest absolute Gasteiger partial charge is 0.491 e. The monoisotopic (exact) mass is 946 g/mol. The van der Waals surface area contributed by atoms with Crippen molar-refractivity contribution in [1.29, 1.82) is 0 Å². The summed E-state index contributed by atoms with van der Waals surface area (Å²) in [6, 6.07) is 21.6. The first-order valence-corrected chi connectivity index (χ1v) is 20.7. The van der Waals surface area contributed by atoms with Gasteiger partial charge < -0.3 is 30.7 Å². The Kier molecular flexibility index (Phi) is 17.0. The highest BCUT2D eigenvalue weighted by Gasteiger charge is 2.28. The number of halogens is 4. The molecule has 0 saturated carbocycles. The molecular formula is C44H38Cl4N8O8. The van der Waals surface area contributed by atoms with E-state index in [1.807, 2.05) is 0 Å². The van der Waals surface area contributed by atoms with Crippen LogP contribution in [-0.2, 0) is 30.9 Å². The average Bonchev–Trinajstić information content (AvgIpc) is 3.28. The normalized spacial score (nSPS) is 12.0. The van der Waals surface area contributed by atoms with E-state index in [1.165, 1.54) is 62.8 Å². The molecule has 5 rings (SSSR count). The number of nitrogens with zero attached hydrogens (tertiary/aromatic N) is 4. The van der Waals surface area contributed by atoms with E-state index in [1.54, 1.807) is 48.5 Å². The maximum Gasteiger partial charge on any atom is 0.258 e. The van der Waals surface area contributed by atoms with Crippen molar-refractivity contribution in [1.82, 2.24) is 0 Å². The van der Waals surface area contributed by atoms with Gasteiger partial charge in [-0.3, -0.25) is 28.8 Å². The molecule has 20 heteroatoms. The highest BCUT2D eigenvalue weighted by molar-refractivity contribution is 6.35. The molecule has 4 amide bonds. The summed E-state index contributed by atoms with van der Waals surface area (Å²) in [4.78, 5) is 78.3. The highest BCUT2D eigenvalue weighted by atomic mass is 35.5. The van der Waals surface area contributed by atoms with Crippen molar-refractivity contribution in [3.05, 3.63) is 129 Å².